The van der Waals surface area contributed by atoms with Crippen LogP contribution >= 0.6 is 0 Å². The molecule has 3 aromatic carbocycles. The third-order valence-corrected chi connectivity index (χ3v) is 4.41. The van der Waals surface area contributed by atoms with Crippen LogP contribution in [0.5, 0.6) is 17.2 Å². The molecule has 0 radical (unpaired) electrons. The summed E-state index contributed by atoms with van der Waals surface area (Å²) in [5.41, 5.74) is 5.10. The van der Waals surface area contributed by atoms with Crippen molar-refractivity contribution in [2.45, 2.75) is 6.92 Å². The first-order valence-electron chi connectivity index (χ1n) is 9.44. The molecule has 1 N–H and O–H groups in total. The number of carbonyl (C=O) groups excluding carboxylic acids is 2. The van der Waals surface area contributed by atoms with Gasteiger partial charge in [0, 0.05) is 5.56 Å². The second-order valence-electron chi connectivity index (χ2n) is 6.59. The molecular weight excluding hydrogens is 396 g/mol. The van der Waals surface area contributed by atoms with Crippen molar-refractivity contribution in [1.82, 2.24) is 5.43 Å². The summed E-state index contributed by atoms with van der Waals surface area (Å²) in [6, 6.07) is 18.7. The number of hydrazone groups is 1. The lowest BCUT2D eigenvalue weighted by Gasteiger charge is -2.10. The molecule has 7 nitrogen and oxygen atoms in total. The molecule has 0 atom stereocenters. The predicted octanol–water partition coefficient (Wildman–Crippen LogP) is 4.00. The summed E-state index contributed by atoms with van der Waals surface area (Å²) in [5, 5.41) is 3.97. The zero-order valence-electron chi connectivity index (χ0n) is 17.4. The van der Waals surface area contributed by atoms with Crippen LogP contribution in [0.3, 0.4) is 0 Å². The molecule has 1 amide bonds. The van der Waals surface area contributed by atoms with E-state index in [0.29, 0.717) is 28.2 Å². The van der Waals surface area contributed by atoms with E-state index in [1.807, 2.05) is 19.1 Å². The molecule has 0 saturated carbocycles. The SMILES string of the molecule is COc1ccc(C(=O)Oc2ccc(/C=N\NC(=O)c3ccc(C)cc3)cc2OC)cc1. The number of esters is 1. The normalized spacial score (nSPS) is 10.5. The molecule has 158 valence electrons. The van der Waals surface area contributed by atoms with Crippen LogP contribution < -0.4 is 19.6 Å². The average Bonchev–Trinajstić information content (AvgIpc) is 2.80. The van der Waals surface area contributed by atoms with Crippen LogP contribution in [0.1, 0.15) is 31.8 Å². The van der Waals surface area contributed by atoms with E-state index in [4.69, 9.17) is 14.2 Å². The van der Waals surface area contributed by atoms with E-state index in [1.165, 1.54) is 13.3 Å². The lowest BCUT2D eigenvalue weighted by Crippen LogP contribution is -2.17. The summed E-state index contributed by atoms with van der Waals surface area (Å²) < 4.78 is 15.8. The quantitative estimate of drug-likeness (QED) is 0.271. The first-order chi connectivity index (χ1) is 15.0. The summed E-state index contributed by atoms with van der Waals surface area (Å²) in [6.45, 7) is 1.95. The number of ether oxygens (including phenoxy) is 3. The van der Waals surface area contributed by atoms with Crippen LogP contribution in [0.25, 0.3) is 0 Å². The summed E-state index contributed by atoms with van der Waals surface area (Å²) in [7, 11) is 3.02. The fourth-order valence-electron chi connectivity index (χ4n) is 2.67. The van der Waals surface area contributed by atoms with E-state index in [9.17, 15) is 9.59 Å². The zero-order valence-corrected chi connectivity index (χ0v) is 17.4. The van der Waals surface area contributed by atoms with Gasteiger partial charge in [-0.05, 0) is 67.1 Å². The van der Waals surface area contributed by atoms with E-state index in [1.54, 1.807) is 61.7 Å². The number of hydrogen-bond acceptors (Lipinski definition) is 6. The van der Waals surface area contributed by atoms with Crippen LogP contribution in [0, 0.1) is 6.92 Å². The molecule has 0 saturated heterocycles. The Labute approximate surface area is 180 Å². The Morgan fingerprint density at radius 3 is 2.16 bits per heavy atom. The number of benzene rings is 3. The van der Waals surface area contributed by atoms with Crippen molar-refractivity contribution in [3.05, 3.63) is 89.0 Å². The van der Waals surface area contributed by atoms with Gasteiger partial charge >= 0.3 is 5.97 Å². The van der Waals surface area contributed by atoms with E-state index in [2.05, 4.69) is 10.5 Å². The van der Waals surface area contributed by atoms with Crippen LogP contribution in [0.4, 0.5) is 0 Å². The first-order valence-corrected chi connectivity index (χ1v) is 9.44. The minimum absolute atomic E-state index is 0.268. The molecule has 31 heavy (non-hydrogen) atoms. The van der Waals surface area contributed by atoms with Crippen LogP contribution in [-0.2, 0) is 0 Å². The Bertz CT molecular complexity index is 1090. The van der Waals surface area contributed by atoms with Gasteiger partial charge < -0.3 is 14.2 Å². The van der Waals surface area contributed by atoms with Gasteiger partial charge in [-0.15, -0.1) is 0 Å². The summed E-state index contributed by atoms with van der Waals surface area (Å²) in [5.74, 6) is 0.438. The fourth-order valence-corrected chi connectivity index (χ4v) is 2.67. The highest BCUT2D eigenvalue weighted by molar-refractivity contribution is 5.95. The van der Waals surface area contributed by atoms with Crippen molar-refractivity contribution in [2.24, 2.45) is 5.10 Å². The highest BCUT2D eigenvalue weighted by atomic mass is 16.6. The third-order valence-electron chi connectivity index (χ3n) is 4.41. The monoisotopic (exact) mass is 418 g/mol. The van der Waals surface area contributed by atoms with Gasteiger partial charge in [0.1, 0.15) is 5.75 Å². The van der Waals surface area contributed by atoms with Crippen molar-refractivity contribution in [2.75, 3.05) is 14.2 Å². The Balaban J connectivity index is 1.66. The molecule has 0 aliphatic rings. The summed E-state index contributed by atoms with van der Waals surface area (Å²) >= 11 is 0. The van der Waals surface area contributed by atoms with Crippen molar-refractivity contribution in [1.29, 1.82) is 0 Å². The second-order valence-corrected chi connectivity index (χ2v) is 6.59. The summed E-state index contributed by atoms with van der Waals surface area (Å²) in [6.07, 6.45) is 1.48. The molecule has 0 unspecified atom stereocenters. The molecule has 0 bridgehead atoms. The lowest BCUT2D eigenvalue weighted by atomic mass is 10.1. The molecular formula is C24H22N2O5. The van der Waals surface area contributed by atoms with E-state index in [0.717, 1.165) is 5.56 Å². The van der Waals surface area contributed by atoms with Crippen LogP contribution in [0.15, 0.2) is 71.8 Å². The number of amides is 1. The van der Waals surface area contributed by atoms with Crippen molar-refractivity contribution in [3.63, 3.8) is 0 Å². The minimum atomic E-state index is -0.521. The minimum Gasteiger partial charge on any atom is -0.497 e. The van der Waals surface area contributed by atoms with Gasteiger partial charge in [-0.3, -0.25) is 4.79 Å². The fraction of sp³-hybridized carbons (Fsp3) is 0.125. The van der Waals surface area contributed by atoms with Crippen LogP contribution in [0.2, 0.25) is 0 Å². The largest absolute Gasteiger partial charge is 0.497 e. The predicted molar refractivity (Wildman–Crippen MR) is 117 cm³/mol. The lowest BCUT2D eigenvalue weighted by molar-refractivity contribution is 0.0729. The number of methoxy groups -OCH3 is 2. The molecule has 0 aliphatic carbocycles. The Hall–Kier alpha value is -4.13. The highest BCUT2D eigenvalue weighted by Crippen LogP contribution is 2.28. The van der Waals surface area contributed by atoms with Gasteiger partial charge in [0.2, 0.25) is 0 Å². The smallest absolute Gasteiger partial charge is 0.343 e. The Morgan fingerprint density at radius 1 is 0.839 bits per heavy atom. The molecule has 3 aromatic rings. The maximum atomic E-state index is 12.4. The van der Waals surface area contributed by atoms with Crippen molar-refractivity contribution in [3.8, 4) is 17.2 Å². The molecule has 0 fully saturated rings. The van der Waals surface area contributed by atoms with Gasteiger partial charge in [0.05, 0.1) is 26.0 Å². The molecule has 0 heterocycles. The van der Waals surface area contributed by atoms with E-state index >= 15 is 0 Å². The standard InChI is InChI=1S/C24H22N2O5/c1-16-4-7-18(8-5-16)23(27)26-25-15-17-6-13-21(22(14-17)30-3)31-24(28)19-9-11-20(29-2)12-10-19/h4-15H,1-3H3,(H,26,27)/b25-15-. The van der Waals surface area contributed by atoms with E-state index in [-0.39, 0.29) is 11.7 Å². The van der Waals surface area contributed by atoms with Gasteiger partial charge in [0.25, 0.3) is 5.91 Å². The van der Waals surface area contributed by atoms with E-state index < -0.39 is 5.97 Å². The number of rotatable bonds is 7. The number of aryl methyl sites for hydroxylation is 1. The highest BCUT2D eigenvalue weighted by Gasteiger charge is 2.13. The zero-order chi connectivity index (χ0) is 22.2. The average molecular weight is 418 g/mol. The number of hydrogen-bond donors (Lipinski definition) is 1. The third kappa shape index (κ3) is 5.70. The van der Waals surface area contributed by atoms with Crippen molar-refractivity contribution < 1.29 is 23.8 Å². The molecule has 0 spiro atoms. The maximum Gasteiger partial charge on any atom is 0.343 e. The second kappa shape index (κ2) is 10.1. The Morgan fingerprint density at radius 2 is 1.52 bits per heavy atom. The van der Waals surface area contributed by atoms with Crippen LogP contribution in [-0.4, -0.2) is 32.3 Å². The maximum absolute atomic E-state index is 12.4. The van der Waals surface area contributed by atoms with Gasteiger partial charge in [-0.25, -0.2) is 10.2 Å². The molecule has 0 aliphatic heterocycles. The topological polar surface area (TPSA) is 86.2 Å². The number of carbonyl (C=O) groups is 2. The van der Waals surface area contributed by atoms with Gasteiger partial charge in [0.15, 0.2) is 11.5 Å². The Kier molecular flexibility index (Phi) is 7.01. The van der Waals surface area contributed by atoms with Crippen molar-refractivity contribution >= 4 is 18.1 Å². The molecule has 3 rings (SSSR count). The number of nitrogens with one attached hydrogen (secondary N) is 1. The van der Waals surface area contributed by atoms with Gasteiger partial charge in [-0.2, -0.15) is 5.10 Å². The summed E-state index contributed by atoms with van der Waals surface area (Å²) in [4.78, 5) is 24.5. The molecule has 0 aromatic heterocycles. The van der Waals surface area contributed by atoms with Gasteiger partial charge in [-0.1, -0.05) is 17.7 Å². The molecule has 7 heteroatoms. The number of nitrogens with zero attached hydrogens (tertiary/aromatic N) is 1. The first kappa shape index (κ1) is 21.6.